The van der Waals surface area contributed by atoms with Crippen molar-refractivity contribution < 1.29 is 0 Å². The normalized spacial score (nSPS) is 10.8. The molecule has 0 saturated carbocycles. The van der Waals surface area contributed by atoms with Gasteiger partial charge in [-0.05, 0) is 30.2 Å². The Balaban J connectivity index is 2.51. The van der Waals surface area contributed by atoms with Crippen molar-refractivity contribution in [1.29, 1.82) is 0 Å². The summed E-state index contributed by atoms with van der Waals surface area (Å²) in [5, 5.41) is 5.04. The van der Waals surface area contributed by atoms with E-state index in [1.54, 1.807) is 0 Å². The molecule has 2 rings (SSSR count). The molecule has 3 nitrogen and oxygen atoms in total. The summed E-state index contributed by atoms with van der Waals surface area (Å²) >= 11 is 6.05. The molecule has 4 heteroatoms. The molecule has 2 N–H and O–H groups in total. The molecule has 0 atom stereocenters. The quantitative estimate of drug-likeness (QED) is 0.905. The number of rotatable bonds is 4. The standard InChI is InChI=1S/C13H16ClN3/c1-2-7-17-13(5-6-16-17)12-8-11(14)4-3-10(12)9-15/h3-6,8H,2,7,9,15H2,1H3. The van der Waals surface area contributed by atoms with E-state index in [2.05, 4.69) is 12.0 Å². The highest BCUT2D eigenvalue weighted by Crippen LogP contribution is 2.26. The van der Waals surface area contributed by atoms with E-state index in [9.17, 15) is 0 Å². The van der Waals surface area contributed by atoms with Gasteiger partial charge in [0.15, 0.2) is 0 Å². The van der Waals surface area contributed by atoms with E-state index < -0.39 is 0 Å². The minimum absolute atomic E-state index is 0.504. The van der Waals surface area contributed by atoms with E-state index in [0.29, 0.717) is 6.54 Å². The molecule has 0 fully saturated rings. The maximum atomic E-state index is 6.05. The van der Waals surface area contributed by atoms with Crippen LogP contribution >= 0.6 is 11.6 Å². The molecular weight excluding hydrogens is 234 g/mol. The fraction of sp³-hybridized carbons (Fsp3) is 0.308. The number of hydrogen-bond acceptors (Lipinski definition) is 2. The third kappa shape index (κ3) is 2.51. The van der Waals surface area contributed by atoms with Crippen LogP contribution in [0.25, 0.3) is 11.3 Å². The first-order valence-corrected chi connectivity index (χ1v) is 6.14. The molecule has 0 unspecified atom stereocenters. The van der Waals surface area contributed by atoms with Gasteiger partial charge >= 0.3 is 0 Å². The molecule has 17 heavy (non-hydrogen) atoms. The van der Waals surface area contributed by atoms with Gasteiger partial charge in [0.05, 0.1) is 5.69 Å². The molecule has 0 aliphatic rings. The monoisotopic (exact) mass is 249 g/mol. The summed E-state index contributed by atoms with van der Waals surface area (Å²) in [6, 6.07) is 7.79. The molecular formula is C13H16ClN3. The number of nitrogens with two attached hydrogens (primary N) is 1. The van der Waals surface area contributed by atoms with Crippen LogP contribution in [-0.4, -0.2) is 9.78 Å². The molecule has 2 aromatic rings. The zero-order valence-electron chi connectivity index (χ0n) is 9.86. The molecule has 0 aliphatic carbocycles. The van der Waals surface area contributed by atoms with Crippen LogP contribution in [0, 0.1) is 0 Å². The van der Waals surface area contributed by atoms with Crippen molar-refractivity contribution in [3.05, 3.63) is 41.0 Å². The Labute approximate surface area is 106 Å². The second kappa shape index (κ2) is 5.34. The Kier molecular flexibility index (Phi) is 3.82. The summed E-state index contributed by atoms with van der Waals surface area (Å²) in [5.74, 6) is 0. The third-order valence-electron chi connectivity index (χ3n) is 2.72. The maximum Gasteiger partial charge on any atom is 0.0685 e. The summed E-state index contributed by atoms with van der Waals surface area (Å²) in [7, 11) is 0. The molecule has 1 heterocycles. The number of hydrogen-bond donors (Lipinski definition) is 1. The van der Waals surface area contributed by atoms with Gasteiger partial charge in [0, 0.05) is 29.9 Å². The van der Waals surface area contributed by atoms with E-state index >= 15 is 0 Å². The lowest BCUT2D eigenvalue weighted by Gasteiger charge is -2.10. The summed E-state index contributed by atoms with van der Waals surface area (Å²) in [4.78, 5) is 0. The van der Waals surface area contributed by atoms with Crippen molar-refractivity contribution >= 4 is 11.6 Å². The minimum Gasteiger partial charge on any atom is -0.326 e. The van der Waals surface area contributed by atoms with Crippen molar-refractivity contribution in [2.24, 2.45) is 5.73 Å². The molecule has 1 aromatic carbocycles. The van der Waals surface area contributed by atoms with Gasteiger partial charge in [-0.3, -0.25) is 4.68 Å². The van der Waals surface area contributed by atoms with E-state index in [1.807, 2.05) is 35.1 Å². The number of halogens is 1. The zero-order valence-corrected chi connectivity index (χ0v) is 10.6. The van der Waals surface area contributed by atoms with Crippen LogP contribution in [-0.2, 0) is 13.1 Å². The van der Waals surface area contributed by atoms with Crippen LogP contribution in [0.2, 0.25) is 5.02 Å². The predicted molar refractivity (Wildman–Crippen MR) is 70.9 cm³/mol. The maximum absolute atomic E-state index is 6.05. The highest BCUT2D eigenvalue weighted by Gasteiger charge is 2.09. The van der Waals surface area contributed by atoms with Crippen molar-refractivity contribution in [3.8, 4) is 11.3 Å². The van der Waals surface area contributed by atoms with Gasteiger partial charge < -0.3 is 5.73 Å². The smallest absolute Gasteiger partial charge is 0.0685 e. The SMILES string of the molecule is CCCn1nccc1-c1cc(Cl)ccc1CN. The molecule has 0 aliphatic heterocycles. The third-order valence-corrected chi connectivity index (χ3v) is 2.95. The number of aromatic nitrogens is 2. The van der Waals surface area contributed by atoms with Crippen molar-refractivity contribution in [2.75, 3.05) is 0 Å². The van der Waals surface area contributed by atoms with E-state index in [1.165, 1.54) is 0 Å². The molecule has 90 valence electrons. The number of benzene rings is 1. The molecule has 1 aromatic heterocycles. The van der Waals surface area contributed by atoms with Gasteiger partial charge in [-0.25, -0.2) is 0 Å². The lowest BCUT2D eigenvalue weighted by atomic mass is 10.0. The van der Waals surface area contributed by atoms with E-state index in [4.69, 9.17) is 17.3 Å². The molecule has 0 bridgehead atoms. The average Bonchev–Trinajstić information content (AvgIpc) is 2.77. The van der Waals surface area contributed by atoms with Crippen LogP contribution in [0.5, 0.6) is 0 Å². The first-order chi connectivity index (χ1) is 8.26. The fourth-order valence-corrected chi connectivity index (χ4v) is 2.09. The molecule has 0 radical (unpaired) electrons. The summed E-state index contributed by atoms with van der Waals surface area (Å²) < 4.78 is 1.99. The first kappa shape index (κ1) is 12.1. The number of aryl methyl sites for hydroxylation is 1. The lowest BCUT2D eigenvalue weighted by Crippen LogP contribution is -2.04. The average molecular weight is 250 g/mol. The van der Waals surface area contributed by atoms with Crippen molar-refractivity contribution in [2.45, 2.75) is 26.4 Å². The summed E-state index contributed by atoms with van der Waals surface area (Å²) in [6.07, 6.45) is 2.86. The lowest BCUT2D eigenvalue weighted by molar-refractivity contribution is 0.608. The largest absolute Gasteiger partial charge is 0.326 e. The van der Waals surface area contributed by atoms with E-state index in [0.717, 1.165) is 34.8 Å². The van der Waals surface area contributed by atoms with Crippen molar-refractivity contribution in [3.63, 3.8) is 0 Å². The fourth-order valence-electron chi connectivity index (χ4n) is 1.92. The van der Waals surface area contributed by atoms with Gasteiger partial charge in [0.2, 0.25) is 0 Å². The molecule has 0 amide bonds. The predicted octanol–water partition coefficient (Wildman–Crippen LogP) is 3.07. The minimum atomic E-state index is 0.504. The van der Waals surface area contributed by atoms with Crippen molar-refractivity contribution in [1.82, 2.24) is 9.78 Å². The Bertz CT molecular complexity index is 505. The van der Waals surface area contributed by atoms with E-state index in [-0.39, 0.29) is 0 Å². The Hall–Kier alpha value is -1.32. The van der Waals surface area contributed by atoms with Gasteiger partial charge in [0.25, 0.3) is 0 Å². The zero-order chi connectivity index (χ0) is 12.3. The topological polar surface area (TPSA) is 43.8 Å². The number of nitrogens with zero attached hydrogens (tertiary/aromatic N) is 2. The van der Waals surface area contributed by atoms with Crippen LogP contribution in [0.3, 0.4) is 0 Å². The second-order valence-corrected chi connectivity index (χ2v) is 4.38. The summed E-state index contributed by atoms with van der Waals surface area (Å²) in [5.41, 5.74) is 9.00. The second-order valence-electron chi connectivity index (χ2n) is 3.95. The van der Waals surface area contributed by atoms with Crippen LogP contribution in [0.4, 0.5) is 0 Å². The highest BCUT2D eigenvalue weighted by molar-refractivity contribution is 6.30. The van der Waals surface area contributed by atoms with Gasteiger partial charge in [-0.15, -0.1) is 0 Å². The van der Waals surface area contributed by atoms with Gasteiger partial charge in [-0.2, -0.15) is 5.10 Å². The van der Waals surface area contributed by atoms with Gasteiger partial charge in [-0.1, -0.05) is 24.6 Å². The Morgan fingerprint density at radius 1 is 1.35 bits per heavy atom. The van der Waals surface area contributed by atoms with Crippen LogP contribution < -0.4 is 5.73 Å². The highest BCUT2D eigenvalue weighted by atomic mass is 35.5. The first-order valence-electron chi connectivity index (χ1n) is 5.77. The summed E-state index contributed by atoms with van der Waals surface area (Å²) in [6.45, 7) is 3.54. The van der Waals surface area contributed by atoms with Crippen LogP contribution in [0.1, 0.15) is 18.9 Å². The van der Waals surface area contributed by atoms with Crippen LogP contribution in [0.15, 0.2) is 30.5 Å². The Morgan fingerprint density at radius 2 is 2.18 bits per heavy atom. The Morgan fingerprint density at radius 3 is 2.88 bits per heavy atom. The molecule has 0 saturated heterocycles. The van der Waals surface area contributed by atoms with Gasteiger partial charge in [0.1, 0.15) is 0 Å². The molecule has 0 spiro atoms.